The Morgan fingerprint density at radius 3 is 2.64 bits per heavy atom. The molecule has 10 heteroatoms. The van der Waals surface area contributed by atoms with Gasteiger partial charge in [-0.15, -0.1) is 0 Å². The van der Waals surface area contributed by atoms with E-state index in [0.29, 0.717) is 23.6 Å². The van der Waals surface area contributed by atoms with Crippen molar-refractivity contribution in [1.29, 1.82) is 0 Å². The molecule has 1 saturated carbocycles. The number of benzene rings is 1. The van der Waals surface area contributed by atoms with Crippen LogP contribution in [-0.4, -0.2) is 39.2 Å². The molecule has 10 nitrogen and oxygen atoms in total. The Balaban J connectivity index is 1.54. The molecule has 0 unspecified atom stereocenters. The van der Waals surface area contributed by atoms with Crippen molar-refractivity contribution in [3.05, 3.63) is 80.5 Å². The smallest absolute Gasteiger partial charge is 0.332 e. The van der Waals surface area contributed by atoms with Crippen molar-refractivity contribution in [3.8, 4) is 0 Å². The Morgan fingerprint density at radius 2 is 1.94 bits per heavy atom. The Kier molecular flexibility index (Phi) is 6.41. The Morgan fingerprint density at radius 1 is 1.14 bits per heavy atom. The SMILES string of the molecule is CC1=NCC(NC(=O)Cn2c(=O)n(Cc3ccco3)c(=O)c3ccc(C(=O)NC4CCCC4)cc32)=C1. The first-order valence-corrected chi connectivity index (χ1v) is 12.0. The van der Waals surface area contributed by atoms with Crippen LogP contribution in [0.1, 0.15) is 48.7 Å². The summed E-state index contributed by atoms with van der Waals surface area (Å²) in [6.45, 7) is 1.78. The van der Waals surface area contributed by atoms with Crippen LogP contribution < -0.4 is 21.9 Å². The van der Waals surface area contributed by atoms with Crippen molar-refractivity contribution >= 4 is 28.4 Å². The summed E-state index contributed by atoms with van der Waals surface area (Å²) in [4.78, 5) is 56.8. The standard InChI is InChI=1S/C26H27N5O5/c1-16-11-19(13-27-16)28-23(32)15-30-22-12-17(24(33)29-18-5-2-3-6-18)8-9-21(22)25(34)31(26(30)35)14-20-7-4-10-36-20/h4,7-12,18H,2-3,5-6,13-15H2,1H3,(H,28,32)(H,29,33). The topological polar surface area (TPSA) is 128 Å². The van der Waals surface area contributed by atoms with E-state index < -0.39 is 17.2 Å². The van der Waals surface area contributed by atoms with E-state index in [1.54, 1.807) is 24.3 Å². The lowest BCUT2D eigenvalue weighted by Gasteiger charge is -2.16. The minimum Gasteiger partial charge on any atom is -0.467 e. The van der Waals surface area contributed by atoms with Crippen molar-refractivity contribution in [1.82, 2.24) is 19.8 Å². The quantitative estimate of drug-likeness (QED) is 0.524. The van der Waals surface area contributed by atoms with E-state index in [0.717, 1.165) is 36.0 Å². The third-order valence-electron chi connectivity index (χ3n) is 6.56. The Bertz CT molecular complexity index is 1500. The maximum Gasteiger partial charge on any atom is 0.332 e. The number of allylic oxidation sites excluding steroid dienone is 1. The molecule has 2 aliphatic rings. The maximum atomic E-state index is 13.5. The average Bonchev–Trinajstić information content (AvgIpc) is 3.63. The van der Waals surface area contributed by atoms with E-state index in [1.807, 2.05) is 6.92 Å². The Labute approximate surface area is 206 Å². The van der Waals surface area contributed by atoms with Gasteiger partial charge in [0.25, 0.3) is 11.5 Å². The number of aliphatic imine (C=N–C) groups is 1. The number of aromatic nitrogens is 2. The third kappa shape index (κ3) is 4.79. The summed E-state index contributed by atoms with van der Waals surface area (Å²) in [5.74, 6) is -0.268. The molecular weight excluding hydrogens is 462 g/mol. The number of carbonyl (C=O) groups is 2. The highest BCUT2D eigenvalue weighted by Gasteiger charge is 2.21. The van der Waals surface area contributed by atoms with Gasteiger partial charge >= 0.3 is 5.69 Å². The molecule has 2 N–H and O–H groups in total. The molecule has 2 aromatic heterocycles. The van der Waals surface area contributed by atoms with E-state index in [9.17, 15) is 19.2 Å². The van der Waals surface area contributed by atoms with Gasteiger partial charge in [-0.2, -0.15) is 0 Å². The first-order chi connectivity index (χ1) is 17.4. The van der Waals surface area contributed by atoms with E-state index in [4.69, 9.17) is 4.42 Å². The van der Waals surface area contributed by atoms with Crippen molar-refractivity contribution < 1.29 is 14.0 Å². The van der Waals surface area contributed by atoms with Crippen LogP contribution in [-0.2, 0) is 17.9 Å². The number of fused-ring (bicyclic) bond motifs is 1. The summed E-state index contributed by atoms with van der Waals surface area (Å²) < 4.78 is 7.60. The van der Waals surface area contributed by atoms with Gasteiger partial charge in [-0.05, 0) is 56.2 Å². The monoisotopic (exact) mass is 489 g/mol. The van der Waals surface area contributed by atoms with Crippen molar-refractivity contribution in [2.75, 3.05) is 6.54 Å². The maximum absolute atomic E-state index is 13.5. The van der Waals surface area contributed by atoms with Gasteiger partial charge in [0.1, 0.15) is 12.3 Å². The number of furan rings is 1. The third-order valence-corrected chi connectivity index (χ3v) is 6.56. The molecule has 36 heavy (non-hydrogen) atoms. The fourth-order valence-electron chi connectivity index (χ4n) is 4.74. The molecule has 1 aliphatic heterocycles. The summed E-state index contributed by atoms with van der Waals surface area (Å²) in [6, 6.07) is 8.07. The lowest BCUT2D eigenvalue weighted by Crippen LogP contribution is -2.43. The van der Waals surface area contributed by atoms with E-state index in [-0.39, 0.29) is 35.9 Å². The second-order valence-electron chi connectivity index (χ2n) is 9.20. The number of carbonyl (C=O) groups excluding carboxylic acids is 2. The predicted octanol–water partition coefficient (Wildman–Crippen LogP) is 1.95. The zero-order chi connectivity index (χ0) is 25.2. The van der Waals surface area contributed by atoms with Gasteiger partial charge in [0.05, 0.1) is 30.3 Å². The summed E-state index contributed by atoms with van der Waals surface area (Å²) >= 11 is 0. The van der Waals surface area contributed by atoms with Gasteiger partial charge in [-0.1, -0.05) is 12.8 Å². The first kappa shape index (κ1) is 23.5. The molecule has 0 atom stereocenters. The van der Waals surface area contributed by atoms with Crippen LogP contribution in [0.15, 0.2) is 67.4 Å². The second kappa shape index (κ2) is 9.80. The van der Waals surface area contributed by atoms with Gasteiger partial charge in [0.2, 0.25) is 5.91 Å². The molecule has 0 radical (unpaired) electrons. The van der Waals surface area contributed by atoms with Crippen LogP contribution in [0.3, 0.4) is 0 Å². The summed E-state index contributed by atoms with van der Waals surface area (Å²) in [6.07, 6.45) is 7.24. The molecule has 186 valence electrons. The van der Waals surface area contributed by atoms with E-state index in [1.165, 1.54) is 23.0 Å². The lowest BCUT2D eigenvalue weighted by molar-refractivity contribution is -0.121. The molecule has 3 aromatic rings. The minimum atomic E-state index is -0.666. The molecule has 1 fully saturated rings. The van der Waals surface area contributed by atoms with Crippen LogP contribution in [0.2, 0.25) is 0 Å². The van der Waals surface area contributed by atoms with E-state index in [2.05, 4.69) is 15.6 Å². The molecule has 0 bridgehead atoms. The van der Waals surface area contributed by atoms with Crippen LogP contribution in [0.25, 0.3) is 10.9 Å². The minimum absolute atomic E-state index is 0.0790. The largest absolute Gasteiger partial charge is 0.467 e. The van der Waals surface area contributed by atoms with Crippen LogP contribution in [0.4, 0.5) is 0 Å². The highest BCUT2D eigenvalue weighted by atomic mass is 16.3. The fourth-order valence-corrected chi connectivity index (χ4v) is 4.74. The molecule has 1 aromatic carbocycles. The Hall–Kier alpha value is -4.21. The predicted molar refractivity (Wildman–Crippen MR) is 134 cm³/mol. The molecule has 0 saturated heterocycles. The van der Waals surface area contributed by atoms with Gasteiger partial charge in [-0.3, -0.25) is 28.5 Å². The normalized spacial score (nSPS) is 15.7. The molecular formula is C26H27N5O5. The number of hydrogen-bond acceptors (Lipinski definition) is 6. The fraction of sp³-hybridized carbons (Fsp3) is 0.346. The number of rotatable bonds is 7. The number of amides is 2. The van der Waals surface area contributed by atoms with Gasteiger partial charge in [0.15, 0.2) is 0 Å². The number of hydrogen-bond donors (Lipinski definition) is 2. The molecule has 1 aliphatic carbocycles. The van der Waals surface area contributed by atoms with Crippen molar-refractivity contribution in [3.63, 3.8) is 0 Å². The van der Waals surface area contributed by atoms with Crippen LogP contribution >= 0.6 is 0 Å². The van der Waals surface area contributed by atoms with Crippen molar-refractivity contribution in [2.24, 2.45) is 4.99 Å². The summed E-state index contributed by atoms with van der Waals surface area (Å²) in [7, 11) is 0. The molecule has 3 heterocycles. The van der Waals surface area contributed by atoms with Gasteiger partial charge in [0, 0.05) is 23.0 Å². The first-order valence-electron chi connectivity index (χ1n) is 12.0. The van der Waals surface area contributed by atoms with Crippen molar-refractivity contribution in [2.45, 2.75) is 51.7 Å². The lowest BCUT2D eigenvalue weighted by atomic mass is 10.1. The molecule has 0 spiro atoms. The number of nitrogens with one attached hydrogen (secondary N) is 2. The zero-order valence-electron chi connectivity index (χ0n) is 20.0. The molecule has 5 rings (SSSR count). The van der Waals surface area contributed by atoms with Gasteiger partial charge in [-0.25, -0.2) is 4.79 Å². The van der Waals surface area contributed by atoms with Gasteiger partial charge < -0.3 is 15.1 Å². The highest BCUT2D eigenvalue weighted by Crippen LogP contribution is 2.19. The number of nitrogens with zero attached hydrogens (tertiary/aromatic N) is 3. The highest BCUT2D eigenvalue weighted by molar-refractivity contribution is 5.98. The van der Waals surface area contributed by atoms with E-state index >= 15 is 0 Å². The second-order valence-corrected chi connectivity index (χ2v) is 9.20. The summed E-state index contributed by atoms with van der Waals surface area (Å²) in [5, 5.41) is 6.03. The van der Waals surface area contributed by atoms with Crippen LogP contribution in [0.5, 0.6) is 0 Å². The van der Waals surface area contributed by atoms with Crippen LogP contribution in [0, 0.1) is 0 Å². The zero-order valence-corrected chi connectivity index (χ0v) is 20.0. The molecule has 2 amide bonds. The average molecular weight is 490 g/mol. The summed E-state index contributed by atoms with van der Waals surface area (Å²) in [5.41, 5.74) is 0.804.